The Morgan fingerprint density at radius 3 is 3.17 bits per heavy atom. The van der Waals surface area contributed by atoms with Crippen LogP contribution < -0.4 is 0 Å². The van der Waals surface area contributed by atoms with E-state index in [1.807, 2.05) is 0 Å². The van der Waals surface area contributed by atoms with Crippen LogP contribution in [0, 0.1) is 5.92 Å². The van der Waals surface area contributed by atoms with Crippen molar-refractivity contribution in [3.05, 3.63) is 11.6 Å². The molecule has 2 rings (SSSR count). The maximum atomic E-state index is 2.55. The van der Waals surface area contributed by atoms with E-state index in [-0.39, 0.29) is 0 Å². The Morgan fingerprint density at radius 1 is 1.50 bits per heavy atom. The van der Waals surface area contributed by atoms with Gasteiger partial charge in [-0.25, -0.2) is 0 Å². The van der Waals surface area contributed by atoms with E-state index in [2.05, 4.69) is 24.9 Å². The molecule has 0 saturated carbocycles. The van der Waals surface area contributed by atoms with Gasteiger partial charge in [0.05, 0.1) is 0 Å². The third-order valence-electron chi connectivity index (χ3n) is 3.49. The Kier molecular flexibility index (Phi) is 2.22. The smallest absolute Gasteiger partial charge is 0.0158 e. The number of rotatable bonds is 0. The molecule has 0 aromatic rings. The van der Waals surface area contributed by atoms with Crippen molar-refractivity contribution in [1.82, 2.24) is 4.90 Å². The van der Waals surface area contributed by atoms with Gasteiger partial charge >= 0.3 is 0 Å². The summed E-state index contributed by atoms with van der Waals surface area (Å²) < 4.78 is 0. The fourth-order valence-electron chi connectivity index (χ4n) is 2.75. The van der Waals surface area contributed by atoms with Crippen molar-refractivity contribution in [2.75, 3.05) is 13.6 Å². The zero-order valence-corrected chi connectivity index (χ0v) is 8.21. The zero-order valence-electron chi connectivity index (χ0n) is 8.21. The van der Waals surface area contributed by atoms with Crippen LogP contribution in [0.25, 0.3) is 0 Å². The first-order chi connectivity index (χ1) is 5.77. The maximum Gasteiger partial charge on any atom is 0.0158 e. The largest absolute Gasteiger partial charge is 0.303 e. The van der Waals surface area contributed by atoms with Crippen molar-refractivity contribution >= 4 is 0 Å². The molecule has 1 nitrogen and oxygen atoms in total. The predicted molar refractivity (Wildman–Crippen MR) is 52.1 cm³/mol. The average Bonchev–Trinajstić information content (AvgIpc) is 2.04. The highest BCUT2D eigenvalue weighted by Crippen LogP contribution is 2.33. The van der Waals surface area contributed by atoms with Gasteiger partial charge in [-0.05, 0) is 52.1 Å². The lowest BCUT2D eigenvalue weighted by molar-refractivity contribution is 0.116. The molecule has 0 N–H and O–H groups in total. The van der Waals surface area contributed by atoms with Gasteiger partial charge < -0.3 is 4.90 Å². The minimum atomic E-state index is 0.863. The van der Waals surface area contributed by atoms with Crippen LogP contribution in [-0.4, -0.2) is 24.5 Å². The molecule has 68 valence electrons. The van der Waals surface area contributed by atoms with Crippen LogP contribution >= 0.6 is 0 Å². The lowest BCUT2D eigenvalue weighted by Crippen LogP contribution is -2.43. The lowest BCUT2D eigenvalue weighted by Gasteiger charge is -2.41. The van der Waals surface area contributed by atoms with Gasteiger partial charge in [0.15, 0.2) is 0 Å². The summed E-state index contributed by atoms with van der Waals surface area (Å²) in [7, 11) is 2.28. The molecule has 0 spiro atoms. The standard InChI is InChI=1S/C11H19N/c1-9-5-6-11-10(8-9)4-3-7-12(11)2/h5,10-11H,3-4,6-8H2,1-2H3. The van der Waals surface area contributed by atoms with E-state index < -0.39 is 0 Å². The molecule has 1 aliphatic carbocycles. The van der Waals surface area contributed by atoms with Crippen LogP contribution in [0.5, 0.6) is 0 Å². The normalized spacial score (nSPS) is 37.3. The molecular weight excluding hydrogens is 146 g/mol. The van der Waals surface area contributed by atoms with Gasteiger partial charge in [0.1, 0.15) is 0 Å². The minimum absolute atomic E-state index is 0.863. The first kappa shape index (κ1) is 8.31. The fourth-order valence-corrected chi connectivity index (χ4v) is 2.75. The molecule has 0 radical (unpaired) electrons. The highest BCUT2D eigenvalue weighted by molar-refractivity contribution is 5.08. The third kappa shape index (κ3) is 1.42. The molecule has 2 atom stereocenters. The van der Waals surface area contributed by atoms with Gasteiger partial charge in [0.25, 0.3) is 0 Å². The molecule has 1 heteroatoms. The van der Waals surface area contributed by atoms with Crippen molar-refractivity contribution in [3.63, 3.8) is 0 Å². The second kappa shape index (κ2) is 3.21. The molecule has 2 aliphatic rings. The molecule has 1 saturated heterocycles. The Bertz CT molecular complexity index is 195. The minimum Gasteiger partial charge on any atom is -0.303 e. The summed E-state index contributed by atoms with van der Waals surface area (Å²) >= 11 is 0. The van der Waals surface area contributed by atoms with E-state index in [9.17, 15) is 0 Å². The summed E-state index contributed by atoms with van der Waals surface area (Å²) in [6, 6.07) is 0.863. The van der Waals surface area contributed by atoms with Crippen LogP contribution in [0.1, 0.15) is 32.6 Å². The van der Waals surface area contributed by atoms with E-state index in [0.717, 1.165) is 12.0 Å². The monoisotopic (exact) mass is 165 g/mol. The lowest BCUT2D eigenvalue weighted by atomic mass is 9.79. The summed E-state index contributed by atoms with van der Waals surface area (Å²) in [6.45, 7) is 3.60. The van der Waals surface area contributed by atoms with Crippen molar-refractivity contribution in [3.8, 4) is 0 Å². The van der Waals surface area contributed by atoms with Crippen molar-refractivity contribution in [2.45, 2.75) is 38.6 Å². The van der Waals surface area contributed by atoms with Crippen LogP contribution in [0.3, 0.4) is 0 Å². The first-order valence-corrected chi connectivity index (χ1v) is 5.13. The van der Waals surface area contributed by atoms with Gasteiger partial charge in [-0.2, -0.15) is 0 Å². The molecule has 12 heavy (non-hydrogen) atoms. The Hall–Kier alpha value is -0.300. The van der Waals surface area contributed by atoms with Gasteiger partial charge in [-0.15, -0.1) is 0 Å². The van der Waals surface area contributed by atoms with Crippen molar-refractivity contribution < 1.29 is 0 Å². The van der Waals surface area contributed by atoms with Crippen molar-refractivity contribution in [1.29, 1.82) is 0 Å². The zero-order chi connectivity index (χ0) is 8.55. The SMILES string of the molecule is CC1=CCC2C(CCCN2C)C1. The molecule has 0 aromatic carbocycles. The summed E-state index contributed by atoms with van der Waals surface area (Å²) in [5.41, 5.74) is 1.62. The summed E-state index contributed by atoms with van der Waals surface area (Å²) in [4.78, 5) is 2.55. The predicted octanol–water partition coefficient (Wildman–Crippen LogP) is 2.44. The average molecular weight is 165 g/mol. The highest BCUT2D eigenvalue weighted by atomic mass is 15.1. The van der Waals surface area contributed by atoms with Gasteiger partial charge in [-0.3, -0.25) is 0 Å². The molecule has 1 heterocycles. The Balaban J connectivity index is 2.09. The van der Waals surface area contributed by atoms with E-state index in [0.29, 0.717) is 0 Å². The summed E-state index contributed by atoms with van der Waals surface area (Å²) in [5.74, 6) is 0.966. The molecule has 1 aliphatic heterocycles. The van der Waals surface area contributed by atoms with E-state index in [1.165, 1.54) is 32.2 Å². The number of fused-ring (bicyclic) bond motifs is 1. The number of nitrogens with zero attached hydrogens (tertiary/aromatic N) is 1. The fraction of sp³-hybridized carbons (Fsp3) is 0.818. The van der Waals surface area contributed by atoms with Crippen LogP contribution in [0.15, 0.2) is 11.6 Å². The van der Waals surface area contributed by atoms with E-state index in [1.54, 1.807) is 5.57 Å². The highest BCUT2D eigenvalue weighted by Gasteiger charge is 2.30. The third-order valence-corrected chi connectivity index (χ3v) is 3.49. The molecule has 0 aromatic heterocycles. The van der Waals surface area contributed by atoms with Crippen LogP contribution in [0.4, 0.5) is 0 Å². The van der Waals surface area contributed by atoms with Gasteiger partial charge in [-0.1, -0.05) is 11.6 Å². The Labute approximate surface area is 75.4 Å². The second-order valence-corrected chi connectivity index (χ2v) is 4.44. The maximum absolute atomic E-state index is 2.55. The van der Waals surface area contributed by atoms with E-state index in [4.69, 9.17) is 0 Å². The van der Waals surface area contributed by atoms with Gasteiger partial charge in [0, 0.05) is 6.04 Å². The summed E-state index contributed by atoms with van der Waals surface area (Å²) in [5, 5.41) is 0. The van der Waals surface area contributed by atoms with E-state index >= 15 is 0 Å². The number of allylic oxidation sites excluding steroid dienone is 1. The molecular formula is C11H19N. The molecule has 0 amide bonds. The van der Waals surface area contributed by atoms with Crippen molar-refractivity contribution in [2.24, 2.45) is 5.92 Å². The number of likely N-dealkylation sites (tertiary alicyclic amines) is 1. The molecule has 2 unspecified atom stereocenters. The molecule has 1 fully saturated rings. The Morgan fingerprint density at radius 2 is 2.33 bits per heavy atom. The van der Waals surface area contributed by atoms with Crippen LogP contribution in [-0.2, 0) is 0 Å². The molecule has 0 bridgehead atoms. The number of hydrogen-bond acceptors (Lipinski definition) is 1. The van der Waals surface area contributed by atoms with Gasteiger partial charge in [0.2, 0.25) is 0 Å². The van der Waals surface area contributed by atoms with Crippen LogP contribution in [0.2, 0.25) is 0 Å². The quantitative estimate of drug-likeness (QED) is 0.498. The summed E-state index contributed by atoms with van der Waals surface area (Å²) in [6.07, 6.45) is 7.95. The first-order valence-electron chi connectivity index (χ1n) is 5.13. The topological polar surface area (TPSA) is 3.24 Å². The second-order valence-electron chi connectivity index (χ2n) is 4.44. The number of hydrogen-bond donors (Lipinski definition) is 0. The number of piperidine rings is 1.